The van der Waals surface area contributed by atoms with E-state index >= 15 is 0 Å². The number of halogens is 3. The van der Waals surface area contributed by atoms with E-state index in [0.717, 1.165) is 4.31 Å². The molecule has 0 aliphatic rings. The van der Waals surface area contributed by atoms with Crippen LogP contribution in [0.3, 0.4) is 0 Å². The third-order valence-electron chi connectivity index (χ3n) is 3.35. The van der Waals surface area contributed by atoms with Gasteiger partial charge in [0, 0.05) is 18.0 Å². The second kappa shape index (κ2) is 8.27. The molecule has 0 aliphatic heterocycles. The summed E-state index contributed by atoms with van der Waals surface area (Å²) >= 11 is 17.6. The van der Waals surface area contributed by atoms with Crippen LogP contribution in [0, 0.1) is 0 Å². The van der Waals surface area contributed by atoms with Crippen LogP contribution in [0.2, 0.25) is 15.1 Å². The zero-order valence-corrected chi connectivity index (χ0v) is 15.9. The van der Waals surface area contributed by atoms with Gasteiger partial charge in [0.2, 0.25) is 0 Å². The minimum Gasteiger partial charge on any atom is -0.481 e. The Bertz CT molecular complexity index is 869. The van der Waals surface area contributed by atoms with E-state index in [2.05, 4.69) is 0 Å². The number of hydrogen-bond donors (Lipinski definition) is 1. The van der Waals surface area contributed by atoms with Gasteiger partial charge in [-0.2, -0.15) is 0 Å². The highest BCUT2D eigenvalue weighted by molar-refractivity contribution is 7.92. The second-order valence-corrected chi connectivity index (χ2v) is 8.24. The molecule has 0 saturated carbocycles. The number of benzene rings is 2. The van der Waals surface area contributed by atoms with Gasteiger partial charge in [-0.05, 0) is 48.9 Å². The summed E-state index contributed by atoms with van der Waals surface area (Å²) in [6, 6.07) is 10.2. The molecule has 5 nitrogen and oxygen atoms in total. The topological polar surface area (TPSA) is 74.7 Å². The lowest BCUT2D eigenvalue weighted by Gasteiger charge is -2.24. The predicted molar refractivity (Wildman–Crippen MR) is 99.3 cm³/mol. The van der Waals surface area contributed by atoms with Gasteiger partial charge in [-0.3, -0.25) is 9.10 Å². The van der Waals surface area contributed by atoms with E-state index in [0.29, 0.717) is 10.7 Å². The molecule has 0 heterocycles. The molecule has 0 bridgehead atoms. The van der Waals surface area contributed by atoms with Gasteiger partial charge in [0.25, 0.3) is 10.0 Å². The summed E-state index contributed by atoms with van der Waals surface area (Å²) in [6.45, 7) is -0.00346. The van der Waals surface area contributed by atoms with Gasteiger partial charge < -0.3 is 5.11 Å². The zero-order chi connectivity index (χ0) is 18.6. The van der Waals surface area contributed by atoms with Crippen molar-refractivity contribution in [1.82, 2.24) is 0 Å². The molecule has 9 heteroatoms. The summed E-state index contributed by atoms with van der Waals surface area (Å²) in [5.74, 6) is -0.997. The molecule has 0 fully saturated rings. The van der Waals surface area contributed by atoms with Gasteiger partial charge >= 0.3 is 5.97 Å². The van der Waals surface area contributed by atoms with E-state index < -0.39 is 16.0 Å². The normalized spacial score (nSPS) is 11.3. The molecule has 134 valence electrons. The number of carboxylic acids is 1. The van der Waals surface area contributed by atoms with E-state index in [-0.39, 0.29) is 34.3 Å². The third kappa shape index (κ3) is 5.01. The Morgan fingerprint density at radius 2 is 1.64 bits per heavy atom. The molecule has 2 rings (SSSR count). The fourth-order valence-electron chi connectivity index (χ4n) is 2.13. The molecule has 0 amide bonds. The Morgan fingerprint density at radius 1 is 1.00 bits per heavy atom. The number of anilines is 1. The number of carbonyl (C=O) groups is 1. The van der Waals surface area contributed by atoms with E-state index in [1.165, 1.54) is 18.2 Å². The lowest BCUT2D eigenvalue weighted by atomic mass is 10.3. The minimum absolute atomic E-state index is 0.00346. The third-order valence-corrected chi connectivity index (χ3v) is 6.16. The van der Waals surface area contributed by atoms with Crippen molar-refractivity contribution in [2.45, 2.75) is 17.7 Å². The molecule has 2 aromatic rings. The van der Waals surface area contributed by atoms with Gasteiger partial charge in [0.05, 0.1) is 20.6 Å². The van der Waals surface area contributed by atoms with Crippen LogP contribution in [0.25, 0.3) is 0 Å². The summed E-state index contributed by atoms with van der Waals surface area (Å²) in [4.78, 5) is 10.7. The van der Waals surface area contributed by atoms with E-state index in [1.54, 1.807) is 24.3 Å². The molecule has 0 unspecified atom stereocenters. The highest BCUT2D eigenvalue weighted by Gasteiger charge is 2.25. The average molecular weight is 423 g/mol. The van der Waals surface area contributed by atoms with Crippen molar-refractivity contribution in [1.29, 1.82) is 0 Å². The van der Waals surface area contributed by atoms with Crippen LogP contribution in [0.15, 0.2) is 47.4 Å². The predicted octanol–water partition coefficient (Wildman–Crippen LogP) is 4.71. The zero-order valence-electron chi connectivity index (χ0n) is 12.8. The molecular formula is C16H14Cl3NO4S. The molecule has 0 spiro atoms. The molecule has 0 radical (unpaired) electrons. The molecule has 1 N–H and O–H groups in total. The summed E-state index contributed by atoms with van der Waals surface area (Å²) in [5, 5.41) is 9.62. The Kier molecular flexibility index (Phi) is 6.57. The number of rotatable bonds is 7. The van der Waals surface area contributed by atoms with Crippen LogP contribution < -0.4 is 4.31 Å². The fraction of sp³-hybridized carbons (Fsp3) is 0.188. The Hall–Kier alpha value is -1.47. The Balaban J connectivity index is 2.42. The maximum atomic E-state index is 13.0. The van der Waals surface area contributed by atoms with Crippen molar-refractivity contribution in [3.8, 4) is 0 Å². The van der Waals surface area contributed by atoms with Crippen LogP contribution in [0.5, 0.6) is 0 Å². The maximum Gasteiger partial charge on any atom is 0.303 e. The minimum atomic E-state index is -3.95. The van der Waals surface area contributed by atoms with Crippen molar-refractivity contribution in [3.05, 3.63) is 57.5 Å². The Labute approximate surface area is 160 Å². The molecular weight excluding hydrogens is 409 g/mol. The van der Waals surface area contributed by atoms with Gasteiger partial charge in [-0.25, -0.2) is 8.42 Å². The molecule has 0 aromatic heterocycles. The highest BCUT2D eigenvalue weighted by Crippen LogP contribution is 2.29. The van der Waals surface area contributed by atoms with Crippen LogP contribution in [0.4, 0.5) is 5.69 Å². The van der Waals surface area contributed by atoms with Gasteiger partial charge in [0.1, 0.15) is 0 Å². The fourth-order valence-corrected chi connectivity index (χ4v) is 4.15. The monoisotopic (exact) mass is 421 g/mol. The summed E-state index contributed by atoms with van der Waals surface area (Å²) in [5.41, 5.74) is 0.376. The van der Waals surface area contributed by atoms with Crippen LogP contribution >= 0.6 is 34.8 Å². The maximum absolute atomic E-state index is 13.0. The lowest BCUT2D eigenvalue weighted by molar-refractivity contribution is -0.137. The number of aliphatic carboxylic acids is 1. The molecule has 25 heavy (non-hydrogen) atoms. The first-order valence-corrected chi connectivity index (χ1v) is 9.74. The molecule has 2 aromatic carbocycles. The first-order valence-electron chi connectivity index (χ1n) is 7.17. The SMILES string of the molecule is O=C(O)CCCN(c1ccc(Cl)cc1)S(=O)(=O)c1ccc(Cl)c(Cl)c1. The van der Waals surface area contributed by atoms with E-state index in [1.807, 2.05) is 0 Å². The van der Waals surface area contributed by atoms with Gasteiger partial charge in [-0.15, -0.1) is 0 Å². The van der Waals surface area contributed by atoms with Crippen molar-refractivity contribution in [2.75, 3.05) is 10.8 Å². The summed E-state index contributed by atoms with van der Waals surface area (Å²) in [7, 11) is -3.95. The number of carboxylic acid groups (broad SMARTS) is 1. The number of sulfonamides is 1. The number of nitrogens with zero attached hydrogens (tertiary/aromatic N) is 1. The highest BCUT2D eigenvalue weighted by atomic mass is 35.5. The Morgan fingerprint density at radius 3 is 2.20 bits per heavy atom. The summed E-state index contributed by atoms with van der Waals surface area (Å²) in [6.07, 6.45) is -0.000501. The van der Waals surface area contributed by atoms with Crippen LogP contribution in [-0.2, 0) is 14.8 Å². The van der Waals surface area contributed by atoms with Gasteiger partial charge in [-0.1, -0.05) is 34.8 Å². The summed E-state index contributed by atoms with van der Waals surface area (Å²) < 4.78 is 27.1. The largest absolute Gasteiger partial charge is 0.481 e. The molecule has 0 saturated heterocycles. The van der Waals surface area contributed by atoms with Gasteiger partial charge in [0.15, 0.2) is 0 Å². The van der Waals surface area contributed by atoms with E-state index in [4.69, 9.17) is 39.9 Å². The second-order valence-electron chi connectivity index (χ2n) is 5.13. The number of hydrogen-bond acceptors (Lipinski definition) is 3. The van der Waals surface area contributed by atoms with Crippen LogP contribution in [0.1, 0.15) is 12.8 Å². The first-order chi connectivity index (χ1) is 11.7. The quantitative estimate of drug-likeness (QED) is 0.701. The molecule has 0 atom stereocenters. The molecule has 0 aliphatic carbocycles. The lowest BCUT2D eigenvalue weighted by Crippen LogP contribution is -2.32. The van der Waals surface area contributed by atoms with Crippen molar-refractivity contribution in [3.63, 3.8) is 0 Å². The standard InChI is InChI=1S/C16H14Cl3NO4S/c17-11-3-5-12(6-4-11)20(9-1-2-16(21)22)25(23,24)13-7-8-14(18)15(19)10-13/h3-8,10H,1-2,9H2,(H,21,22). The van der Waals surface area contributed by atoms with E-state index in [9.17, 15) is 13.2 Å². The van der Waals surface area contributed by atoms with Crippen molar-refractivity contribution in [2.24, 2.45) is 0 Å². The smallest absolute Gasteiger partial charge is 0.303 e. The van der Waals surface area contributed by atoms with Crippen molar-refractivity contribution < 1.29 is 18.3 Å². The average Bonchev–Trinajstić information content (AvgIpc) is 2.55. The van der Waals surface area contributed by atoms with Crippen molar-refractivity contribution >= 4 is 56.5 Å². The first kappa shape index (κ1) is 19.8. The van der Waals surface area contributed by atoms with Crippen LogP contribution in [-0.4, -0.2) is 26.0 Å².